The topological polar surface area (TPSA) is 51.5 Å². The number of ether oxygens (including phenoxy) is 1. The van der Waals surface area contributed by atoms with E-state index < -0.39 is 10.0 Å². The van der Waals surface area contributed by atoms with Gasteiger partial charge in [-0.05, 0) is 42.4 Å². The van der Waals surface area contributed by atoms with Crippen molar-refractivity contribution < 1.29 is 13.2 Å². The molecule has 1 aliphatic heterocycles. The molecule has 0 saturated heterocycles. The van der Waals surface area contributed by atoms with Gasteiger partial charge in [-0.25, -0.2) is 12.4 Å². The van der Waals surface area contributed by atoms with Gasteiger partial charge in [0.05, 0.1) is 17.5 Å². The van der Waals surface area contributed by atoms with Crippen LogP contribution in [-0.2, 0) is 10.0 Å². The van der Waals surface area contributed by atoms with E-state index in [4.69, 9.17) is 16.3 Å². The molecule has 0 saturated carbocycles. The first-order valence-corrected chi connectivity index (χ1v) is 10.9. The highest BCUT2D eigenvalue weighted by Gasteiger charge is 2.27. The molecule has 0 N–H and O–H groups in total. The van der Waals surface area contributed by atoms with Crippen molar-refractivity contribution in [3.8, 4) is 5.75 Å². The number of rotatable bonds is 5. The fourth-order valence-corrected chi connectivity index (χ4v) is 5.28. The molecule has 1 aliphatic rings. The van der Waals surface area contributed by atoms with Crippen molar-refractivity contribution in [1.82, 2.24) is 8.87 Å². The summed E-state index contributed by atoms with van der Waals surface area (Å²) in [6.07, 6.45) is 1.68. The average Bonchev–Trinajstić information content (AvgIpc) is 3.28. The van der Waals surface area contributed by atoms with Crippen molar-refractivity contribution in [2.75, 3.05) is 26.7 Å². The third-order valence-electron chi connectivity index (χ3n) is 5.12. The molecular formula is C21H21ClN2O3S. The number of methoxy groups -OCH3 is 1. The van der Waals surface area contributed by atoms with Crippen LogP contribution in [0.15, 0.2) is 64.7 Å². The van der Waals surface area contributed by atoms with E-state index in [-0.39, 0.29) is 4.90 Å². The summed E-state index contributed by atoms with van der Waals surface area (Å²) >= 11 is 6.55. The second kappa shape index (κ2) is 7.28. The fourth-order valence-electron chi connectivity index (χ4n) is 3.56. The lowest BCUT2D eigenvalue weighted by Crippen LogP contribution is -2.20. The molecular weight excluding hydrogens is 396 g/mol. The van der Waals surface area contributed by atoms with Crippen LogP contribution in [-0.4, -0.2) is 44.0 Å². The van der Waals surface area contributed by atoms with E-state index in [1.807, 2.05) is 6.07 Å². The second-order valence-corrected chi connectivity index (χ2v) is 9.00. The Hall–Kier alpha value is -2.28. The molecule has 3 aromatic rings. The number of likely N-dealkylation sites (N-methyl/N-ethyl adjacent to an activating group) is 1. The van der Waals surface area contributed by atoms with Crippen LogP contribution in [0, 0.1) is 0 Å². The number of aromatic nitrogens is 1. The Balaban J connectivity index is 1.96. The van der Waals surface area contributed by atoms with E-state index >= 15 is 0 Å². The van der Waals surface area contributed by atoms with Gasteiger partial charge >= 0.3 is 0 Å². The first-order chi connectivity index (χ1) is 13.5. The standard InChI is InChI=1S/C21H21ClN2O3S/c1-3-23-12-19(20(22)14-23)18-13-24(21-10-9-15(27-2)11-17(18)21)28(25,26)16-7-5-4-6-8-16/h4-11,13H,3,12,14H2,1-2H3. The van der Waals surface area contributed by atoms with Gasteiger partial charge < -0.3 is 4.74 Å². The van der Waals surface area contributed by atoms with Gasteiger partial charge in [0.1, 0.15) is 5.75 Å². The Labute approximate surface area is 169 Å². The molecule has 0 fully saturated rings. The maximum Gasteiger partial charge on any atom is 0.268 e. The van der Waals surface area contributed by atoms with Crippen LogP contribution in [0.25, 0.3) is 16.5 Å². The minimum Gasteiger partial charge on any atom is -0.497 e. The van der Waals surface area contributed by atoms with Crippen LogP contribution in [0.2, 0.25) is 0 Å². The summed E-state index contributed by atoms with van der Waals surface area (Å²) in [4.78, 5) is 2.46. The molecule has 0 radical (unpaired) electrons. The molecule has 4 rings (SSSR count). The predicted molar refractivity (Wildman–Crippen MR) is 112 cm³/mol. The largest absolute Gasteiger partial charge is 0.497 e. The van der Waals surface area contributed by atoms with Gasteiger partial charge in [0.25, 0.3) is 10.0 Å². The Kier molecular flexibility index (Phi) is 4.95. The van der Waals surface area contributed by atoms with Gasteiger partial charge in [0.15, 0.2) is 0 Å². The Bertz CT molecular complexity index is 1170. The summed E-state index contributed by atoms with van der Waals surface area (Å²) < 4.78 is 33.3. The van der Waals surface area contributed by atoms with Crippen LogP contribution in [0.3, 0.4) is 0 Å². The van der Waals surface area contributed by atoms with Gasteiger partial charge in [-0.3, -0.25) is 4.90 Å². The minimum atomic E-state index is -3.73. The molecule has 5 nitrogen and oxygen atoms in total. The summed E-state index contributed by atoms with van der Waals surface area (Å²) in [5, 5.41) is 1.56. The Morgan fingerprint density at radius 3 is 2.50 bits per heavy atom. The molecule has 2 aromatic carbocycles. The lowest BCUT2D eigenvalue weighted by Gasteiger charge is -2.11. The monoisotopic (exact) mass is 416 g/mol. The second-order valence-electron chi connectivity index (χ2n) is 6.73. The lowest BCUT2D eigenvalue weighted by atomic mass is 10.1. The summed E-state index contributed by atoms with van der Waals surface area (Å²) in [7, 11) is -2.14. The molecule has 1 aromatic heterocycles. The van der Waals surface area contributed by atoms with Gasteiger partial charge in [0.2, 0.25) is 0 Å². The highest BCUT2D eigenvalue weighted by Crippen LogP contribution is 2.37. The zero-order chi connectivity index (χ0) is 19.9. The number of halogens is 1. The van der Waals surface area contributed by atoms with E-state index in [1.165, 1.54) is 3.97 Å². The van der Waals surface area contributed by atoms with Crippen molar-refractivity contribution in [3.05, 3.63) is 65.3 Å². The quantitative estimate of drug-likeness (QED) is 0.626. The number of fused-ring (bicyclic) bond motifs is 1. The molecule has 146 valence electrons. The van der Waals surface area contributed by atoms with Crippen molar-refractivity contribution in [1.29, 1.82) is 0 Å². The fraction of sp³-hybridized carbons (Fsp3) is 0.238. The SMILES string of the molecule is CCN1CC(Cl)=C(c2cn(S(=O)(=O)c3ccccc3)c3ccc(OC)cc23)C1. The van der Waals surface area contributed by atoms with Gasteiger partial charge in [-0.1, -0.05) is 36.7 Å². The van der Waals surface area contributed by atoms with Gasteiger partial charge in [0, 0.05) is 35.3 Å². The average molecular weight is 417 g/mol. The van der Waals surface area contributed by atoms with Crippen molar-refractivity contribution in [2.24, 2.45) is 0 Å². The zero-order valence-electron chi connectivity index (χ0n) is 15.7. The van der Waals surface area contributed by atoms with Crippen LogP contribution in [0.5, 0.6) is 5.75 Å². The molecule has 0 aliphatic carbocycles. The predicted octanol–water partition coefficient (Wildman–Crippen LogP) is 4.17. The Morgan fingerprint density at radius 2 is 1.86 bits per heavy atom. The number of nitrogens with zero attached hydrogens (tertiary/aromatic N) is 2. The lowest BCUT2D eigenvalue weighted by molar-refractivity contribution is 0.375. The van der Waals surface area contributed by atoms with E-state index in [9.17, 15) is 8.42 Å². The van der Waals surface area contributed by atoms with Crippen LogP contribution >= 0.6 is 11.6 Å². The molecule has 0 unspecified atom stereocenters. The number of hydrogen-bond acceptors (Lipinski definition) is 4. The van der Waals surface area contributed by atoms with Gasteiger partial charge in [-0.15, -0.1) is 0 Å². The summed E-state index contributed by atoms with van der Waals surface area (Å²) in [5.41, 5.74) is 2.39. The molecule has 0 amide bonds. The van der Waals surface area contributed by atoms with Crippen LogP contribution in [0.1, 0.15) is 12.5 Å². The van der Waals surface area contributed by atoms with E-state index in [0.29, 0.717) is 24.4 Å². The first-order valence-electron chi connectivity index (χ1n) is 9.05. The first kappa shape index (κ1) is 19.1. The van der Waals surface area contributed by atoms with Gasteiger partial charge in [-0.2, -0.15) is 0 Å². The van der Waals surface area contributed by atoms with Crippen LogP contribution < -0.4 is 4.74 Å². The van der Waals surface area contributed by atoms with Crippen molar-refractivity contribution >= 4 is 38.1 Å². The van der Waals surface area contributed by atoms with E-state index in [0.717, 1.165) is 28.1 Å². The summed E-state index contributed by atoms with van der Waals surface area (Å²) in [6, 6.07) is 13.9. The maximum atomic E-state index is 13.3. The van der Waals surface area contributed by atoms with E-state index in [1.54, 1.807) is 55.8 Å². The number of benzene rings is 2. The normalized spacial score (nSPS) is 15.5. The van der Waals surface area contributed by atoms with Crippen LogP contribution in [0.4, 0.5) is 0 Å². The molecule has 0 bridgehead atoms. The molecule has 0 atom stereocenters. The summed E-state index contributed by atoms with van der Waals surface area (Å²) in [6.45, 7) is 4.33. The Morgan fingerprint density at radius 1 is 1.11 bits per heavy atom. The highest BCUT2D eigenvalue weighted by molar-refractivity contribution is 7.90. The van der Waals surface area contributed by atoms with E-state index in [2.05, 4.69) is 11.8 Å². The molecule has 2 heterocycles. The van der Waals surface area contributed by atoms with Crippen molar-refractivity contribution in [3.63, 3.8) is 0 Å². The third-order valence-corrected chi connectivity index (χ3v) is 7.16. The zero-order valence-corrected chi connectivity index (χ0v) is 17.3. The third kappa shape index (κ3) is 3.11. The van der Waals surface area contributed by atoms with Crippen molar-refractivity contribution in [2.45, 2.75) is 11.8 Å². The smallest absolute Gasteiger partial charge is 0.268 e. The molecule has 7 heteroatoms. The molecule has 0 spiro atoms. The molecule has 28 heavy (non-hydrogen) atoms. The summed E-state index contributed by atoms with van der Waals surface area (Å²) in [5.74, 6) is 0.672. The highest BCUT2D eigenvalue weighted by atomic mass is 35.5. The minimum absolute atomic E-state index is 0.246. The maximum absolute atomic E-state index is 13.3. The number of hydrogen-bond donors (Lipinski definition) is 0.